The molecule has 2 aromatic rings. The smallest absolute Gasteiger partial charge is 0.243 e. The summed E-state index contributed by atoms with van der Waals surface area (Å²) < 4.78 is 27.5. The molecule has 25 heavy (non-hydrogen) atoms. The van der Waals surface area contributed by atoms with Gasteiger partial charge in [0.1, 0.15) is 0 Å². The van der Waals surface area contributed by atoms with Crippen LogP contribution in [0, 0.1) is 6.92 Å². The number of para-hydroxylation sites is 1. The molecule has 0 unspecified atom stereocenters. The predicted molar refractivity (Wildman–Crippen MR) is 103 cm³/mol. The first-order valence-electron chi connectivity index (χ1n) is 8.81. The number of benzene rings is 2. The summed E-state index contributed by atoms with van der Waals surface area (Å²) in [5.41, 5.74) is 3.35. The van der Waals surface area contributed by atoms with Gasteiger partial charge in [-0.15, -0.1) is 0 Å². The Kier molecular flexibility index (Phi) is 5.16. The molecule has 2 aromatic carbocycles. The molecule has 0 radical (unpaired) electrons. The van der Waals surface area contributed by atoms with Gasteiger partial charge in [0, 0.05) is 31.9 Å². The van der Waals surface area contributed by atoms with E-state index in [1.165, 1.54) is 11.3 Å². The summed E-state index contributed by atoms with van der Waals surface area (Å²) in [6.07, 6.45) is 0. The lowest BCUT2D eigenvalue weighted by Gasteiger charge is -2.37. The first kappa shape index (κ1) is 18.0. The summed E-state index contributed by atoms with van der Waals surface area (Å²) in [5, 5.41) is 0. The number of aryl methyl sites for hydroxylation is 1. The van der Waals surface area contributed by atoms with E-state index in [4.69, 9.17) is 0 Å². The third-order valence-electron chi connectivity index (χ3n) is 4.85. The van der Waals surface area contributed by atoms with Crippen LogP contribution in [0.15, 0.2) is 53.4 Å². The lowest BCUT2D eigenvalue weighted by atomic mass is 10.00. The van der Waals surface area contributed by atoms with Gasteiger partial charge in [-0.25, -0.2) is 8.42 Å². The average Bonchev–Trinajstić information content (AvgIpc) is 2.62. The minimum Gasteiger partial charge on any atom is -0.369 e. The molecule has 4 nitrogen and oxygen atoms in total. The van der Waals surface area contributed by atoms with Gasteiger partial charge in [0.2, 0.25) is 10.0 Å². The number of rotatable bonds is 4. The van der Waals surface area contributed by atoms with Crippen molar-refractivity contribution in [1.82, 2.24) is 4.31 Å². The maximum Gasteiger partial charge on any atom is 0.243 e. The summed E-state index contributed by atoms with van der Waals surface area (Å²) in [4.78, 5) is 2.73. The molecule has 1 heterocycles. The standard InChI is InChI=1S/C20H26N2O2S/c1-16(2)18-9-5-6-10-19(18)21-12-14-22(15-13-21)25(23,24)20-11-7-4-8-17(20)3/h4-11,16H,12-15H2,1-3H3. The molecule has 0 spiro atoms. The zero-order valence-electron chi connectivity index (χ0n) is 15.1. The van der Waals surface area contributed by atoms with Crippen LogP contribution < -0.4 is 4.90 Å². The Morgan fingerprint density at radius 2 is 1.48 bits per heavy atom. The van der Waals surface area contributed by atoms with Crippen molar-refractivity contribution in [3.05, 3.63) is 59.7 Å². The highest BCUT2D eigenvalue weighted by Gasteiger charge is 2.30. The molecule has 3 rings (SSSR count). The highest BCUT2D eigenvalue weighted by Crippen LogP contribution is 2.29. The molecule has 1 fully saturated rings. The van der Waals surface area contributed by atoms with E-state index < -0.39 is 10.0 Å². The van der Waals surface area contributed by atoms with E-state index in [9.17, 15) is 8.42 Å². The van der Waals surface area contributed by atoms with E-state index in [0.717, 1.165) is 18.7 Å². The summed E-state index contributed by atoms with van der Waals surface area (Å²) in [6.45, 7) is 8.70. The first-order valence-corrected chi connectivity index (χ1v) is 10.2. The second-order valence-corrected chi connectivity index (χ2v) is 8.78. The molecule has 1 aliphatic rings. The quantitative estimate of drug-likeness (QED) is 0.838. The minimum atomic E-state index is -3.42. The predicted octanol–water partition coefficient (Wildman–Crippen LogP) is 3.63. The Hall–Kier alpha value is -1.85. The molecule has 5 heteroatoms. The van der Waals surface area contributed by atoms with Crippen LogP contribution in [0.3, 0.4) is 0 Å². The van der Waals surface area contributed by atoms with E-state index in [2.05, 4.69) is 43.0 Å². The average molecular weight is 359 g/mol. The van der Waals surface area contributed by atoms with Crippen molar-refractivity contribution >= 4 is 15.7 Å². The van der Waals surface area contributed by atoms with Crippen LogP contribution in [0.1, 0.15) is 30.9 Å². The number of hydrogen-bond donors (Lipinski definition) is 0. The fraction of sp³-hybridized carbons (Fsp3) is 0.400. The zero-order chi connectivity index (χ0) is 18.0. The van der Waals surface area contributed by atoms with Gasteiger partial charge in [0.15, 0.2) is 0 Å². The Morgan fingerprint density at radius 3 is 2.12 bits per heavy atom. The molecule has 0 bridgehead atoms. The van der Waals surface area contributed by atoms with Gasteiger partial charge >= 0.3 is 0 Å². The van der Waals surface area contributed by atoms with Gasteiger partial charge in [-0.3, -0.25) is 0 Å². The van der Waals surface area contributed by atoms with Crippen molar-refractivity contribution in [2.75, 3.05) is 31.1 Å². The number of nitrogens with zero attached hydrogens (tertiary/aromatic N) is 2. The molecule has 0 N–H and O–H groups in total. The molecule has 134 valence electrons. The summed E-state index contributed by atoms with van der Waals surface area (Å²) in [5.74, 6) is 0.449. The second-order valence-electron chi connectivity index (χ2n) is 6.87. The van der Waals surface area contributed by atoms with E-state index in [-0.39, 0.29) is 0 Å². The number of piperazine rings is 1. The van der Waals surface area contributed by atoms with Gasteiger partial charge in [0.05, 0.1) is 4.90 Å². The van der Waals surface area contributed by atoms with Crippen molar-refractivity contribution in [1.29, 1.82) is 0 Å². The van der Waals surface area contributed by atoms with E-state index in [0.29, 0.717) is 23.9 Å². The van der Waals surface area contributed by atoms with Crippen molar-refractivity contribution in [2.45, 2.75) is 31.6 Å². The molecular formula is C20H26N2O2S. The molecule has 0 aliphatic carbocycles. The Balaban J connectivity index is 1.78. The summed E-state index contributed by atoms with van der Waals surface area (Å²) in [7, 11) is -3.42. The summed E-state index contributed by atoms with van der Waals surface area (Å²) in [6, 6.07) is 15.6. The van der Waals surface area contributed by atoms with Crippen LogP contribution in [-0.2, 0) is 10.0 Å². The van der Waals surface area contributed by atoms with Crippen molar-refractivity contribution in [2.24, 2.45) is 0 Å². The maximum atomic E-state index is 12.9. The Labute approximate surface area is 151 Å². The minimum absolute atomic E-state index is 0.422. The van der Waals surface area contributed by atoms with Crippen LogP contribution in [-0.4, -0.2) is 38.9 Å². The van der Waals surface area contributed by atoms with Gasteiger partial charge in [0.25, 0.3) is 0 Å². The lowest BCUT2D eigenvalue weighted by molar-refractivity contribution is 0.384. The molecule has 1 saturated heterocycles. The zero-order valence-corrected chi connectivity index (χ0v) is 16.0. The van der Waals surface area contributed by atoms with E-state index >= 15 is 0 Å². The van der Waals surface area contributed by atoms with Crippen molar-refractivity contribution in [3.8, 4) is 0 Å². The SMILES string of the molecule is Cc1ccccc1S(=O)(=O)N1CCN(c2ccccc2C(C)C)CC1. The normalized spacial score (nSPS) is 16.4. The Bertz CT molecular complexity index is 838. The highest BCUT2D eigenvalue weighted by molar-refractivity contribution is 7.89. The van der Waals surface area contributed by atoms with Gasteiger partial charge in [-0.2, -0.15) is 4.31 Å². The van der Waals surface area contributed by atoms with E-state index in [1.807, 2.05) is 19.1 Å². The van der Waals surface area contributed by atoms with Gasteiger partial charge in [-0.1, -0.05) is 50.2 Å². The topological polar surface area (TPSA) is 40.6 Å². The first-order chi connectivity index (χ1) is 11.9. The van der Waals surface area contributed by atoms with Crippen LogP contribution in [0.5, 0.6) is 0 Å². The summed E-state index contributed by atoms with van der Waals surface area (Å²) >= 11 is 0. The van der Waals surface area contributed by atoms with Crippen LogP contribution in [0.4, 0.5) is 5.69 Å². The lowest BCUT2D eigenvalue weighted by Crippen LogP contribution is -2.49. The van der Waals surface area contributed by atoms with Gasteiger partial charge in [-0.05, 0) is 36.1 Å². The van der Waals surface area contributed by atoms with Crippen molar-refractivity contribution < 1.29 is 8.42 Å². The molecule has 0 amide bonds. The second kappa shape index (κ2) is 7.18. The molecule has 1 aliphatic heterocycles. The van der Waals surface area contributed by atoms with Crippen LogP contribution in [0.2, 0.25) is 0 Å². The third kappa shape index (κ3) is 3.58. The number of hydrogen-bond acceptors (Lipinski definition) is 3. The number of anilines is 1. The van der Waals surface area contributed by atoms with Crippen molar-refractivity contribution in [3.63, 3.8) is 0 Å². The Morgan fingerprint density at radius 1 is 0.880 bits per heavy atom. The fourth-order valence-electron chi connectivity index (χ4n) is 3.42. The van der Waals surface area contributed by atoms with Crippen LogP contribution in [0.25, 0.3) is 0 Å². The molecule has 0 saturated carbocycles. The third-order valence-corrected chi connectivity index (χ3v) is 6.91. The van der Waals surface area contributed by atoms with Gasteiger partial charge < -0.3 is 4.90 Å². The monoisotopic (exact) mass is 358 g/mol. The fourth-order valence-corrected chi connectivity index (χ4v) is 5.07. The highest BCUT2D eigenvalue weighted by atomic mass is 32.2. The maximum absolute atomic E-state index is 12.9. The molecular weight excluding hydrogens is 332 g/mol. The largest absolute Gasteiger partial charge is 0.369 e. The molecule has 0 aromatic heterocycles. The van der Waals surface area contributed by atoms with Crippen LogP contribution >= 0.6 is 0 Å². The van der Waals surface area contributed by atoms with E-state index in [1.54, 1.807) is 16.4 Å². The number of sulfonamides is 1. The molecule has 0 atom stereocenters.